The molecule has 3 atom stereocenters. The average Bonchev–Trinajstić information content (AvgIpc) is 2.93. The Morgan fingerprint density at radius 1 is 1.26 bits per heavy atom. The Balaban J connectivity index is 1.72. The number of nitrogens with one attached hydrogen (secondary N) is 1. The standard InChI is InChI=1S/C26H28BrN3O5/c1-14-4-7-21-23(8-14)35-26(33)20(29-25(32)24(28)15(2)31)13-30(21)12-18-9-17-10-19(27)6-5-16(17)11-22(18)34-3/h4-11,15,20,24,31H,12-13,28H2,1-3H3,(H,29,32)/t15-,20+,24+/m1/s1. The Morgan fingerprint density at radius 3 is 2.74 bits per heavy atom. The third-order valence-corrected chi connectivity index (χ3v) is 6.55. The summed E-state index contributed by atoms with van der Waals surface area (Å²) < 4.78 is 12.3. The molecule has 0 saturated heterocycles. The molecule has 4 rings (SSSR count). The summed E-state index contributed by atoms with van der Waals surface area (Å²) in [6.07, 6.45) is -1.06. The highest BCUT2D eigenvalue weighted by atomic mass is 79.9. The van der Waals surface area contributed by atoms with Crippen molar-refractivity contribution >= 4 is 44.3 Å². The van der Waals surface area contributed by atoms with Crippen LogP contribution < -0.4 is 25.4 Å². The Bertz CT molecular complexity index is 1280. The van der Waals surface area contributed by atoms with E-state index in [2.05, 4.69) is 27.3 Å². The van der Waals surface area contributed by atoms with Crippen molar-refractivity contribution in [1.29, 1.82) is 0 Å². The summed E-state index contributed by atoms with van der Waals surface area (Å²) in [6, 6.07) is 13.5. The van der Waals surface area contributed by atoms with Gasteiger partial charge < -0.3 is 30.5 Å². The number of aliphatic hydroxyl groups excluding tert-OH is 1. The summed E-state index contributed by atoms with van der Waals surface area (Å²) in [7, 11) is 1.62. The molecule has 3 aromatic rings. The predicted molar refractivity (Wildman–Crippen MR) is 138 cm³/mol. The van der Waals surface area contributed by atoms with Crippen LogP contribution in [-0.4, -0.2) is 48.8 Å². The molecule has 0 spiro atoms. The van der Waals surface area contributed by atoms with Gasteiger partial charge in [0.25, 0.3) is 0 Å². The van der Waals surface area contributed by atoms with Gasteiger partial charge in [-0.2, -0.15) is 0 Å². The molecule has 35 heavy (non-hydrogen) atoms. The molecule has 0 unspecified atom stereocenters. The highest BCUT2D eigenvalue weighted by Gasteiger charge is 2.33. The summed E-state index contributed by atoms with van der Waals surface area (Å²) in [5, 5.41) is 14.4. The lowest BCUT2D eigenvalue weighted by atomic mass is 10.0. The van der Waals surface area contributed by atoms with Crippen molar-refractivity contribution in [2.24, 2.45) is 5.73 Å². The fourth-order valence-electron chi connectivity index (χ4n) is 4.09. The van der Waals surface area contributed by atoms with Gasteiger partial charge in [-0.25, -0.2) is 4.79 Å². The van der Waals surface area contributed by atoms with Gasteiger partial charge in [0.2, 0.25) is 5.91 Å². The van der Waals surface area contributed by atoms with Crippen LogP contribution in [0, 0.1) is 6.92 Å². The fraction of sp³-hybridized carbons (Fsp3) is 0.308. The minimum absolute atomic E-state index is 0.146. The number of nitrogens with zero attached hydrogens (tertiary/aromatic N) is 1. The number of aryl methyl sites for hydroxylation is 1. The van der Waals surface area contributed by atoms with Gasteiger partial charge in [0.05, 0.1) is 18.9 Å². The highest BCUT2D eigenvalue weighted by Crippen LogP contribution is 2.36. The van der Waals surface area contributed by atoms with Crippen LogP contribution in [0.15, 0.2) is 53.0 Å². The number of methoxy groups -OCH3 is 1. The Labute approximate surface area is 212 Å². The third-order valence-electron chi connectivity index (χ3n) is 6.06. The molecule has 3 aromatic carbocycles. The monoisotopic (exact) mass is 541 g/mol. The van der Waals surface area contributed by atoms with E-state index in [0.29, 0.717) is 18.0 Å². The average molecular weight is 542 g/mol. The van der Waals surface area contributed by atoms with E-state index >= 15 is 0 Å². The molecule has 0 radical (unpaired) electrons. The van der Waals surface area contributed by atoms with Crippen molar-refractivity contribution in [3.63, 3.8) is 0 Å². The highest BCUT2D eigenvalue weighted by molar-refractivity contribution is 9.10. The van der Waals surface area contributed by atoms with Crippen LogP contribution in [0.4, 0.5) is 5.69 Å². The number of fused-ring (bicyclic) bond motifs is 2. The van der Waals surface area contributed by atoms with Crippen molar-refractivity contribution in [2.75, 3.05) is 18.6 Å². The smallest absolute Gasteiger partial charge is 0.335 e. The SMILES string of the molecule is COc1cc2ccc(Br)cc2cc1CN1C[C@H](NC(=O)[C@@H](N)[C@@H](C)O)C(=O)Oc2cc(C)ccc21. The van der Waals surface area contributed by atoms with Gasteiger partial charge in [0, 0.05) is 23.1 Å². The van der Waals surface area contributed by atoms with Crippen molar-refractivity contribution in [3.8, 4) is 11.5 Å². The van der Waals surface area contributed by atoms with Gasteiger partial charge in [0.1, 0.15) is 17.8 Å². The van der Waals surface area contributed by atoms with E-state index < -0.39 is 30.1 Å². The second-order valence-corrected chi connectivity index (χ2v) is 9.67. The van der Waals surface area contributed by atoms with E-state index in [1.807, 2.05) is 48.2 Å². The first-order chi connectivity index (χ1) is 16.7. The van der Waals surface area contributed by atoms with E-state index in [1.54, 1.807) is 13.2 Å². The fourth-order valence-corrected chi connectivity index (χ4v) is 4.47. The van der Waals surface area contributed by atoms with Crippen LogP contribution in [0.1, 0.15) is 18.1 Å². The van der Waals surface area contributed by atoms with Crippen LogP contribution in [-0.2, 0) is 16.1 Å². The minimum atomic E-state index is -1.16. The van der Waals surface area contributed by atoms with Gasteiger partial charge in [-0.1, -0.05) is 28.1 Å². The van der Waals surface area contributed by atoms with Gasteiger partial charge in [0.15, 0.2) is 5.75 Å². The normalized spacial score (nSPS) is 17.3. The molecule has 0 saturated carbocycles. The molecule has 0 aliphatic carbocycles. The maximum absolute atomic E-state index is 13.0. The topological polar surface area (TPSA) is 114 Å². The molecule has 1 aliphatic rings. The molecular formula is C26H28BrN3O5. The number of anilines is 1. The molecule has 9 heteroatoms. The lowest BCUT2D eigenvalue weighted by Crippen LogP contribution is -2.55. The first-order valence-electron chi connectivity index (χ1n) is 11.2. The van der Waals surface area contributed by atoms with Gasteiger partial charge in [-0.3, -0.25) is 4.79 Å². The van der Waals surface area contributed by atoms with Crippen molar-refractivity contribution < 1.29 is 24.2 Å². The number of hydrogen-bond acceptors (Lipinski definition) is 7. The lowest BCUT2D eigenvalue weighted by molar-refractivity contribution is -0.139. The number of halogens is 1. The number of rotatable bonds is 6. The first-order valence-corrected chi connectivity index (χ1v) is 12.0. The molecule has 1 amide bonds. The van der Waals surface area contributed by atoms with Crippen LogP contribution in [0.3, 0.4) is 0 Å². The molecule has 1 aliphatic heterocycles. The zero-order valence-corrected chi connectivity index (χ0v) is 21.3. The summed E-state index contributed by atoms with van der Waals surface area (Å²) in [5.41, 5.74) is 8.34. The van der Waals surface area contributed by atoms with Gasteiger partial charge in [-0.05, 0) is 66.6 Å². The number of carbonyl (C=O) groups is 2. The lowest BCUT2D eigenvalue weighted by Gasteiger charge is -2.28. The molecule has 184 valence electrons. The maximum atomic E-state index is 13.0. The molecule has 0 bridgehead atoms. The van der Waals surface area contributed by atoms with Crippen LogP contribution in [0.5, 0.6) is 11.5 Å². The number of hydrogen-bond donors (Lipinski definition) is 3. The number of nitrogens with two attached hydrogens (primary N) is 1. The quantitative estimate of drug-likeness (QED) is 0.324. The second-order valence-electron chi connectivity index (χ2n) is 8.76. The molecule has 0 fully saturated rings. The van der Waals surface area contributed by atoms with Crippen molar-refractivity contribution in [1.82, 2.24) is 5.32 Å². The van der Waals surface area contributed by atoms with E-state index in [-0.39, 0.29) is 6.54 Å². The summed E-state index contributed by atoms with van der Waals surface area (Å²) in [4.78, 5) is 27.5. The first kappa shape index (κ1) is 25.0. The second kappa shape index (κ2) is 10.2. The zero-order valence-electron chi connectivity index (χ0n) is 19.7. The third kappa shape index (κ3) is 5.42. The summed E-state index contributed by atoms with van der Waals surface area (Å²) in [6.45, 7) is 3.87. The number of esters is 1. The van der Waals surface area contributed by atoms with E-state index in [4.69, 9.17) is 15.2 Å². The molecule has 0 aromatic heterocycles. The number of benzene rings is 3. The largest absolute Gasteiger partial charge is 0.496 e. The van der Waals surface area contributed by atoms with Gasteiger partial charge >= 0.3 is 5.97 Å². The Kier molecular flexibility index (Phi) is 7.30. The number of ether oxygens (including phenoxy) is 2. The summed E-state index contributed by atoms with van der Waals surface area (Å²) >= 11 is 3.52. The van der Waals surface area contributed by atoms with Crippen LogP contribution in [0.2, 0.25) is 0 Å². The Morgan fingerprint density at radius 2 is 2.03 bits per heavy atom. The molecule has 1 heterocycles. The van der Waals surface area contributed by atoms with Crippen molar-refractivity contribution in [3.05, 3.63) is 64.1 Å². The molecular weight excluding hydrogens is 514 g/mol. The number of carbonyl (C=O) groups excluding carboxylic acids is 2. The van der Waals surface area contributed by atoms with E-state index in [1.165, 1.54) is 6.92 Å². The van der Waals surface area contributed by atoms with Gasteiger partial charge in [-0.15, -0.1) is 0 Å². The zero-order chi connectivity index (χ0) is 25.3. The molecule has 4 N–H and O–H groups in total. The van der Waals surface area contributed by atoms with Crippen LogP contribution >= 0.6 is 15.9 Å². The number of aliphatic hydroxyl groups is 1. The van der Waals surface area contributed by atoms with E-state index in [0.717, 1.165) is 32.1 Å². The minimum Gasteiger partial charge on any atom is -0.496 e. The van der Waals surface area contributed by atoms with Crippen molar-refractivity contribution in [2.45, 2.75) is 38.6 Å². The Hall–Kier alpha value is -3.14. The number of amides is 1. The molecule has 8 nitrogen and oxygen atoms in total. The van der Waals surface area contributed by atoms with E-state index in [9.17, 15) is 14.7 Å². The summed E-state index contributed by atoms with van der Waals surface area (Å²) in [5.74, 6) is -0.104. The van der Waals surface area contributed by atoms with Crippen LogP contribution in [0.25, 0.3) is 10.8 Å². The predicted octanol–water partition coefficient (Wildman–Crippen LogP) is 3.04. The maximum Gasteiger partial charge on any atom is 0.335 e.